The van der Waals surface area contributed by atoms with E-state index in [0.29, 0.717) is 76.8 Å². The van der Waals surface area contributed by atoms with Crippen LogP contribution < -0.4 is 10.6 Å². The molecule has 0 spiro atoms. The van der Waals surface area contributed by atoms with Gasteiger partial charge < -0.3 is 15.4 Å². The highest BCUT2D eigenvalue weighted by atomic mass is 35.5. The number of nitrogen functional groups attached to an aromatic ring is 1. The first kappa shape index (κ1) is 23.4. The number of anilines is 2. The fourth-order valence-corrected chi connectivity index (χ4v) is 4.63. The quantitative estimate of drug-likeness (QED) is 0.370. The average Bonchev–Trinajstić information content (AvgIpc) is 3.22. The van der Waals surface area contributed by atoms with Gasteiger partial charge in [-0.05, 0) is 38.0 Å². The second-order valence-corrected chi connectivity index (χ2v) is 9.16. The van der Waals surface area contributed by atoms with E-state index in [1.165, 1.54) is 0 Å². The van der Waals surface area contributed by atoms with Crippen LogP contribution in [0.4, 0.5) is 11.8 Å². The summed E-state index contributed by atoms with van der Waals surface area (Å²) in [6, 6.07) is 15.0. The maximum Gasteiger partial charge on any atom is 0.309 e. The molecule has 0 unspecified atom stereocenters. The van der Waals surface area contributed by atoms with Gasteiger partial charge in [-0.15, -0.1) is 5.10 Å². The number of nitrogens with zero attached hydrogens (tertiary/aromatic N) is 5. The van der Waals surface area contributed by atoms with Gasteiger partial charge in [0.2, 0.25) is 5.95 Å². The smallest absolute Gasteiger partial charge is 0.309 e. The van der Waals surface area contributed by atoms with Gasteiger partial charge in [0, 0.05) is 18.7 Å². The molecule has 4 aromatic rings. The number of aromatic nitrogens is 4. The Morgan fingerprint density at radius 1 is 1.09 bits per heavy atom. The molecule has 0 saturated carbocycles. The van der Waals surface area contributed by atoms with Crippen LogP contribution in [-0.2, 0) is 9.53 Å². The van der Waals surface area contributed by atoms with E-state index in [1.54, 1.807) is 22.9 Å². The molecule has 1 fully saturated rings. The van der Waals surface area contributed by atoms with Gasteiger partial charge in [0.05, 0.1) is 39.3 Å². The van der Waals surface area contributed by atoms with Gasteiger partial charge in [-0.1, -0.05) is 53.5 Å². The number of esters is 1. The normalized spacial score (nSPS) is 14.4. The van der Waals surface area contributed by atoms with Gasteiger partial charge in [-0.25, -0.2) is 9.67 Å². The third kappa shape index (κ3) is 4.51. The third-order valence-corrected chi connectivity index (χ3v) is 6.89. The van der Waals surface area contributed by atoms with Crippen molar-refractivity contribution in [2.45, 2.75) is 19.8 Å². The van der Waals surface area contributed by atoms with Crippen molar-refractivity contribution in [2.75, 3.05) is 30.3 Å². The fourth-order valence-electron chi connectivity index (χ4n) is 4.34. The minimum atomic E-state index is -0.137. The third-order valence-electron chi connectivity index (χ3n) is 6.15. The van der Waals surface area contributed by atoms with Crippen LogP contribution in [-0.4, -0.2) is 45.4 Å². The van der Waals surface area contributed by atoms with Gasteiger partial charge in [0.15, 0.2) is 5.65 Å². The van der Waals surface area contributed by atoms with E-state index in [0.717, 1.165) is 5.56 Å². The molecule has 0 atom stereocenters. The van der Waals surface area contributed by atoms with Gasteiger partial charge >= 0.3 is 5.97 Å². The van der Waals surface area contributed by atoms with E-state index >= 15 is 0 Å². The number of benzene rings is 2. The van der Waals surface area contributed by atoms with Crippen molar-refractivity contribution in [1.82, 2.24) is 19.7 Å². The summed E-state index contributed by atoms with van der Waals surface area (Å²) < 4.78 is 6.80. The summed E-state index contributed by atoms with van der Waals surface area (Å²) >= 11 is 12.3. The Hall–Kier alpha value is -3.36. The van der Waals surface area contributed by atoms with Crippen molar-refractivity contribution in [3.05, 3.63) is 58.6 Å². The molecule has 8 nitrogen and oxygen atoms in total. The Morgan fingerprint density at radius 2 is 1.83 bits per heavy atom. The standard InChI is InChI=1S/C25H24Cl2N6O2/c1-2-35-24(34)16-10-12-32(13-11-16)25-29-21(15-6-4-3-5-7-15)20-22(28)33(31-23(20)30-25)17-8-9-18(26)19(27)14-17/h3-9,14,16H,2,10-13,28H2,1H3. The number of fused-ring (bicyclic) bond motifs is 1. The van der Waals surface area contributed by atoms with Crippen molar-refractivity contribution in [2.24, 2.45) is 5.92 Å². The van der Waals surface area contributed by atoms with E-state index in [-0.39, 0.29) is 11.9 Å². The molecule has 2 aromatic heterocycles. The van der Waals surface area contributed by atoms with Crippen LogP contribution in [0.25, 0.3) is 28.0 Å². The van der Waals surface area contributed by atoms with E-state index in [2.05, 4.69) is 4.90 Å². The molecule has 10 heteroatoms. The number of hydrogen-bond acceptors (Lipinski definition) is 7. The molecular formula is C25H24Cl2N6O2. The zero-order valence-electron chi connectivity index (χ0n) is 19.1. The molecule has 1 saturated heterocycles. The maximum absolute atomic E-state index is 12.2. The van der Waals surface area contributed by atoms with Crippen LogP contribution in [0.3, 0.4) is 0 Å². The zero-order valence-corrected chi connectivity index (χ0v) is 20.6. The molecule has 1 aliphatic heterocycles. The Labute approximate surface area is 212 Å². The lowest BCUT2D eigenvalue weighted by atomic mass is 9.97. The molecule has 5 rings (SSSR count). The Morgan fingerprint density at radius 3 is 2.51 bits per heavy atom. The second-order valence-electron chi connectivity index (χ2n) is 8.35. The van der Waals surface area contributed by atoms with Gasteiger partial charge in [0.1, 0.15) is 5.82 Å². The van der Waals surface area contributed by atoms with E-state index < -0.39 is 0 Å². The predicted molar refractivity (Wildman–Crippen MR) is 138 cm³/mol. The van der Waals surface area contributed by atoms with E-state index in [1.807, 2.05) is 37.3 Å². The highest BCUT2D eigenvalue weighted by Gasteiger charge is 2.28. The number of carbonyl (C=O) groups excluding carboxylic acids is 1. The van der Waals surface area contributed by atoms with Gasteiger partial charge in [-0.2, -0.15) is 4.98 Å². The van der Waals surface area contributed by atoms with Crippen molar-refractivity contribution in [3.8, 4) is 16.9 Å². The molecule has 180 valence electrons. The van der Waals surface area contributed by atoms with E-state index in [4.69, 9.17) is 48.7 Å². The number of ether oxygens (including phenoxy) is 1. The van der Waals surface area contributed by atoms with Crippen LogP contribution in [0.15, 0.2) is 48.5 Å². The number of carbonyl (C=O) groups is 1. The average molecular weight is 511 g/mol. The lowest BCUT2D eigenvalue weighted by molar-refractivity contribution is -0.148. The Kier molecular flexibility index (Phi) is 6.49. The summed E-state index contributed by atoms with van der Waals surface area (Å²) in [7, 11) is 0. The fraction of sp³-hybridized carbons (Fsp3) is 0.280. The summed E-state index contributed by atoms with van der Waals surface area (Å²) in [6.45, 7) is 3.50. The van der Waals surface area contributed by atoms with Crippen LogP contribution in [0, 0.1) is 5.92 Å². The minimum Gasteiger partial charge on any atom is -0.466 e. The van der Waals surface area contributed by atoms with Gasteiger partial charge in [-0.3, -0.25) is 4.79 Å². The highest BCUT2D eigenvalue weighted by molar-refractivity contribution is 6.42. The highest BCUT2D eigenvalue weighted by Crippen LogP contribution is 2.35. The molecule has 0 bridgehead atoms. The number of piperidine rings is 1. The molecule has 0 aliphatic carbocycles. The lowest BCUT2D eigenvalue weighted by Crippen LogP contribution is -2.38. The molecule has 2 N–H and O–H groups in total. The van der Waals surface area contributed by atoms with E-state index in [9.17, 15) is 4.79 Å². The van der Waals surface area contributed by atoms with Crippen molar-refractivity contribution >= 4 is 52.0 Å². The predicted octanol–water partition coefficient (Wildman–Crippen LogP) is 5.15. The summed E-state index contributed by atoms with van der Waals surface area (Å²) in [5, 5.41) is 6.21. The number of rotatable bonds is 5. The molecule has 0 radical (unpaired) electrons. The van der Waals surface area contributed by atoms with Gasteiger partial charge in [0.25, 0.3) is 0 Å². The SMILES string of the molecule is CCOC(=O)C1CCN(c2nc(-c3ccccc3)c3c(N)n(-c4ccc(Cl)c(Cl)c4)nc3n2)CC1. The number of hydrogen-bond donors (Lipinski definition) is 1. The Balaban J connectivity index is 1.58. The van der Waals surface area contributed by atoms with Crippen LogP contribution in [0.2, 0.25) is 10.0 Å². The molecular weight excluding hydrogens is 487 g/mol. The lowest BCUT2D eigenvalue weighted by Gasteiger charge is -2.31. The molecule has 2 aromatic carbocycles. The molecule has 1 aliphatic rings. The summed E-state index contributed by atoms with van der Waals surface area (Å²) in [6.07, 6.45) is 1.36. The monoisotopic (exact) mass is 510 g/mol. The first-order valence-electron chi connectivity index (χ1n) is 11.4. The second kappa shape index (κ2) is 9.71. The summed E-state index contributed by atoms with van der Waals surface area (Å²) in [5.74, 6) is 0.719. The molecule has 0 amide bonds. The zero-order chi connectivity index (χ0) is 24.5. The van der Waals surface area contributed by atoms with Crippen LogP contribution in [0.1, 0.15) is 19.8 Å². The number of halogens is 2. The first-order valence-corrected chi connectivity index (χ1v) is 12.2. The van der Waals surface area contributed by atoms with Crippen molar-refractivity contribution < 1.29 is 9.53 Å². The van der Waals surface area contributed by atoms with Crippen LogP contribution >= 0.6 is 23.2 Å². The minimum absolute atomic E-state index is 0.104. The van der Waals surface area contributed by atoms with Crippen LogP contribution in [0.5, 0.6) is 0 Å². The summed E-state index contributed by atoms with van der Waals surface area (Å²) in [5.41, 5.74) is 9.34. The molecule has 35 heavy (non-hydrogen) atoms. The maximum atomic E-state index is 12.2. The first-order chi connectivity index (χ1) is 17.0. The Bertz CT molecular complexity index is 1380. The summed E-state index contributed by atoms with van der Waals surface area (Å²) in [4.78, 5) is 23.9. The molecule has 3 heterocycles. The largest absolute Gasteiger partial charge is 0.466 e. The van der Waals surface area contributed by atoms with Crippen molar-refractivity contribution in [1.29, 1.82) is 0 Å². The topological polar surface area (TPSA) is 99.2 Å². The van der Waals surface area contributed by atoms with Crippen molar-refractivity contribution in [3.63, 3.8) is 0 Å². The number of nitrogens with two attached hydrogens (primary N) is 1.